The maximum atomic E-state index is 8.42. The average molecular weight is 128 g/mol. The number of aliphatic hydroxyl groups excluding tert-OH is 1. The Hall–Kier alpha value is -0.870. The Bertz CT molecular complexity index is 159. The summed E-state index contributed by atoms with van der Waals surface area (Å²) in [5, 5.41) is 16.8. The van der Waals surface area contributed by atoms with Crippen LogP contribution in [0.3, 0.4) is 0 Å². The summed E-state index contributed by atoms with van der Waals surface area (Å²) >= 11 is 0. The van der Waals surface area contributed by atoms with Gasteiger partial charge in [0.2, 0.25) is 0 Å². The summed E-state index contributed by atoms with van der Waals surface area (Å²) in [5.74, 6) is 0.588. The van der Waals surface area contributed by atoms with Gasteiger partial charge in [-0.2, -0.15) is 0 Å². The molecule has 0 atom stereocenters. The first-order chi connectivity index (χ1) is 4.29. The van der Waals surface area contributed by atoms with Gasteiger partial charge in [-0.15, -0.1) is 0 Å². The molecule has 0 amide bonds. The molecule has 0 fully saturated rings. The van der Waals surface area contributed by atoms with Gasteiger partial charge in [0.1, 0.15) is 5.82 Å². The molecular weight excluding hydrogens is 120 g/mol. The zero-order chi connectivity index (χ0) is 6.69. The van der Waals surface area contributed by atoms with Crippen LogP contribution in [0.2, 0.25) is 0 Å². The third kappa shape index (κ3) is 1.83. The summed E-state index contributed by atoms with van der Waals surface area (Å²) < 4.78 is 0. The average Bonchev–Trinajstić information content (AvgIpc) is 2.15. The third-order valence-corrected chi connectivity index (χ3v) is 0.931. The van der Waals surface area contributed by atoms with Crippen LogP contribution in [0, 0.1) is 0 Å². The van der Waals surface area contributed by atoms with E-state index in [-0.39, 0.29) is 6.42 Å². The molecule has 1 rings (SSSR count). The topological polar surface area (TPSA) is 69.1 Å². The molecule has 1 heterocycles. The van der Waals surface area contributed by atoms with Gasteiger partial charge in [-0.25, -0.2) is 4.98 Å². The van der Waals surface area contributed by atoms with E-state index in [0.29, 0.717) is 5.82 Å². The van der Waals surface area contributed by atoms with E-state index in [1.807, 2.05) is 0 Å². The molecule has 9 heavy (non-hydrogen) atoms. The number of aromatic amines is 1. The van der Waals surface area contributed by atoms with Gasteiger partial charge in [0.25, 0.3) is 0 Å². The zero-order valence-electron chi connectivity index (χ0n) is 4.78. The number of hydrogen-bond donors (Lipinski definition) is 3. The van der Waals surface area contributed by atoms with Gasteiger partial charge in [-0.3, -0.25) is 0 Å². The molecule has 1 aromatic heterocycles. The number of rotatable bonds is 2. The van der Waals surface area contributed by atoms with Crippen molar-refractivity contribution in [3.63, 3.8) is 0 Å². The fourth-order valence-electron chi connectivity index (χ4n) is 0.583. The van der Waals surface area contributed by atoms with Crippen molar-refractivity contribution >= 4 is 0 Å². The lowest BCUT2D eigenvalue weighted by molar-refractivity contribution is -0.0393. The molecule has 4 nitrogen and oxygen atoms in total. The van der Waals surface area contributed by atoms with Crippen LogP contribution in [0.4, 0.5) is 0 Å². The maximum absolute atomic E-state index is 8.42. The van der Waals surface area contributed by atoms with Gasteiger partial charge >= 0.3 is 0 Å². The SMILES string of the molecule is OC(O)Cc1ncc[nH]1. The third-order valence-electron chi connectivity index (χ3n) is 0.931. The number of imidazole rings is 1. The van der Waals surface area contributed by atoms with Gasteiger partial charge < -0.3 is 15.2 Å². The van der Waals surface area contributed by atoms with Crippen molar-refractivity contribution in [3.8, 4) is 0 Å². The highest BCUT2D eigenvalue weighted by atomic mass is 16.5. The summed E-state index contributed by atoms with van der Waals surface area (Å²) in [7, 11) is 0. The van der Waals surface area contributed by atoms with E-state index in [1.165, 1.54) is 0 Å². The molecule has 4 heteroatoms. The number of aromatic nitrogens is 2. The second-order valence-corrected chi connectivity index (χ2v) is 1.72. The first kappa shape index (κ1) is 6.25. The van der Waals surface area contributed by atoms with E-state index in [1.54, 1.807) is 12.4 Å². The van der Waals surface area contributed by atoms with Crippen LogP contribution in [-0.2, 0) is 6.42 Å². The quantitative estimate of drug-likeness (QED) is 0.459. The summed E-state index contributed by atoms with van der Waals surface area (Å²) in [6.07, 6.45) is 2.05. The lowest BCUT2D eigenvalue weighted by Crippen LogP contribution is -2.09. The van der Waals surface area contributed by atoms with Crippen LogP contribution in [0.1, 0.15) is 5.82 Å². The van der Waals surface area contributed by atoms with Crippen molar-refractivity contribution in [3.05, 3.63) is 18.2 Å². The van der Waals surface area contributed by atoms with Crippen LogP contribution in [-0.4, -0.2) is 26.5 Å². The molecule has 50 valence electrons. The highest BCUT2D eigenvalue weighted by molar-refractivity contribution is 4.86. The highest BCUT2D eigenvalue weighted by Gasteiger charge is 1.99. The minimum atomic E-state index is -1.31. The van der Waals surface area contributed by atoms with Crippen LogP contribution in [0.15, 0.2) is 12.4 Å². The van der Waals surface area contributed by atoms with E-state index >= 15 is 0 Å². The lowest BCUT2D eigenvalue weighted by atomic mass is 10.4. The predicted molar refractivity (Wildman–Crippen MR) is 30.5 cm³/mol. The van der Waals surface area contributed by atoms with Gasteiger partial charge in [-0.1, -0.05) is 0 Å². The molecule has 3 N–H and O–H groups in total. The zero-order valence-corrected chi connectivity index (χ0v) is 4.78. The largest absolute Gasteiger partial charge is 0.368 e. The molecule has 0 saturated heterocycles. The van der Waals surface area contributed by atoms with Crippen molar-refractivity contribution in [2.24, 2.45) is 0 Å². The number of nitrogens with zero attached hydrogens (tertiary/aromatic N) is 1. The molecule has 0 aliphatic rings. The minimum absolute atomic E-state index is 0.160. The number of aliphatic hydroxyl groups is 2. The van der Waals surface area contributed by atoms with Crippen LogP contribution < -0.4 is 0 Å². The Balaban J connectivity index is 2.48. The first-order valence-corrected chi connectivity index (χ1v) is 2.63. The maximum Gasteiger partial charge on any atom is 0.158 e. The van der Waals surface area contributed by atoms with E-state index in [0.717, 1.165) is 0 Å². The van der Waals surface area contributed by atoms with Crippen LogP contribution in [0.5, 0.6) is 0 Å². The molecular formula is C5H8N2O2. The Labute approximate surface area is 52.2 Å². The molecule has 0 unspecified atom stereocenters. The van der Waals surface area contributed by atoms with E-state index < -0.39 is 6.29 Å². The van der Waals surface area contributed by atoms with Gasteiger partial charge in [0, 0.05) is 12.4 Å². The van der Waals surface area contributed by atoms with Gasteiger partial charge in [0.05, 0.1) is 6.42 Å². The summed E-state index contributed by atoms with van der Waals surface area (Å²) in [5.41, 5.74) is 0. The summed E-state index contributed by atoms with van der Waals surface area (Å²) in [4.78, 5) is 6.52. The Morgan fingerprint density at radius 2 is 2.44 bits per heavy atom. The Morgan fingerprint density at radius 1 is 1.67 bits per heavy atom. The molecule has 0 aliphatic carbocycles. The smallest absolute Gasteiger partial charge is 0.158 e. The lowest BCUT2D eigenvalue weighted by Gasteiger charge is -1.96. The highest BCUT2D eigenvalue weighted by Crippen LogP contribution is 1.91. The normalized spacial score (nSPS) is 10.6. The van der Waals surface area contributed by atoms with Crippen molar-refractivity contribution in [2.45, 2.75) is 12.7 Å². The van der Waals surface area contributed by atoms with Crippen LogP contribution >= 0.6 is 0 Å². The van der Waals surface area contributed by atoms with E-state index in [4.69, 9.17) is 10.2 Å². The van der Waals surface area contributed by atoms with Crippen molar-refractivity contribution in [1.82, 2.24) is 9.97 Å². The van der Waals surface area contributed by atoms with E-state index in [9.17, 15) is 0 Å². The standard InChI is InChI=1S/C5H8N2O2/c8-5(9)3-4-6-1-2-7-4/h1-2,5,8-9H,3H2,(H,6,7). The second kappa shape index (κ2) is 2.61. The van der Waals surface area contributed by atoms with Crippen molar-refractivity contribution in [1.29, 1.82) is 0 Å². The minimum Gasteiger partial charge on any atom is -0.368 e. The molecule has 1 aromatic rings. The van der Waals surface area contributed by atoms with Crippen molar-refractivity contribution in [2.75, 3.05) is 0 Å². The molecule has 0 spiro atoms. The molecule has 0 aliphatic heterocycles. The molecule has 0 saturated carbocycles. The number of H-pyrrole nitrogens is 1. The predicted octanol–water partition coefficient (Wildman–Crippen LogP) is -0.737. The molecule has 0 radical (unpaired) electrons. The van der Waals surface area contributed by atoms with Crippen molar-refractivity contribution < 1.29 is 10.2 Å². The first-order valence-electron chi connectivity index (χ1n) is 2.63. The second-order valence-electron chi connectivity index (χ2n) is 1.72. The van der Waals surface area contributed by atoms with Gasteiger partial charge in [0.15, 0.2) is 6.29 Å². The summed E-state index contributed by atoms with van der Waals surface area (Å²) in [6, 6.07) is 0. The van der Waals surface area contributed by atoms with Gasteiger partial charge in [-0.05, 0) is 0 Å². The Morgan fingerprint density at radius 3 is 2.89 bits per heavy atom. The fraction of sp³-hybridized carbons (Fsp3) is 0.400. The molecule has 0 aromatic carbocycles. The summed E-state index contributed by atoms with van der Waals surface area (Å²) in [6.45, 7) is 0. The number of nitrogens with one attached hydrogen (secondary N) is 1. The van der Waals surface area contributed by atoms with E-state index in [2.05, 4.69) is 9.97 Å². The monoisotopic (exact) mass is 128 g/mol. The fourth-order valence-corrected chi connectivity index (χ4v) is 0.583. The molecule has 0 bridgehead atoms. The van der Waals surface area contributed by atoms with Crippen LogP contribution in [0.25, 0.3) is 0 Å². The number of hydrogen-bond acceptors (Lipinski definition) is 3. The Kier molecular flexibility index (Phi) is 1.81.